The third kappa shape index (κ3) is 5.47. The standard InChI is InChI=1S/C34H37F2N5O9P/c1-3-49-51(45,37-34(11-12-34)33(44)46-2)50-31-25(42)10-13-40-30(31)32(43)39-15-17-48-19-26(39)41(40)29-20-6-4-5-7-23(20)38-14-16-47-18-24(38)27-21(29)8-9-22(35)28(27)36/h4-10,13,24,26,29,37,45H,3,11-12,14-19H2,1-2H3/q+1. The average Bonchev–Trinajstić information content (AvgIpc) is 3.93. The Labute approximate surface area is 292 Å². The molecule has 0 bridgehead atoms. The summed E-state index contributed by atoms with van der Waals surface area (Å²) >= 11 is 0. The van der Waals surface area contributed by atoms with E-state index < -0.39 is 66.6 Å². The van der Waals surface area contributed by atoms with Crippen molar-refractivity contribution in [2.45, 2.75) is 43.6 Å². The summed E-state index contributed by atoms with van der Waals surface area (Å²) in [5.74, 6) is -3.73. The summed E-state index contributed by atoms with van der Waals surface area (Å²) < 4.78 is 61.1. The van der Waals surface area contributed by atoms with Crippen molar-refractivity contribution in [1.82, 2.24) is 14.7 Å². The minimum atomic E-state index is -4.24. The van der Waals surface area contributed by atoms with Crippen molar-refractivity contribution in [2.75, 3.05) is 63.1 Å². The summed E-state index contributed by atoms with van der Waals surface area (Å²) in [6.45, 7) is 2.86. The number of nitrogens with zero attached hydrogens (tertiary/aromatic N) is 4. The van der Waals surface area contributed by atoms with Crippen LogP contribution in [0.1, 0.15) is 59.0 Å². The number of amides is 1. The number of nitrogens with one attached hydrogen (secondary N) is 1. The molecule has 51 heavy (non-hydrogen) atoms. The molecule has 2 aromatic carbocycles. The number of methoxy groups -OCH3 is 1. The first-order valence-electron chi connectivity index (χ1n) is 16.8. The Bertz CT molecular complexity index is 1960. The minimum absolute atomic E-state index is 0.0561. The van der Waals surface area contributed by atoms with Gasteiger partial charge in [0.15, 0.2) is 22.9 Å². The number of ether oxygens (including phenoxy) is 3. The quantitative estimate of drug-likeness (QED) is 0.260. The molecular formula is C34H37F2N5O9P+. The molecule has 8 rings (SSSR count). The van der Waals surface area contributed by atoms with Gasteiger partial charge < -0.3 is 24.0 Å². The zero-order valence-electron chi connectivity index (χ0n) is 27.9. The van der Waals surface area contributed by atoms with Gasteiger partial charge in [-0.1, -0.05) is 29.4 Å². The summed E-state index contributed by atoms with van der Waals surface area (Å²) in [7, 11) is -3.02. The van der Waals surface area contributed by atoms with Gasteiger partial charge in [0, 0.05) is 42.2 Å². The van der Waals surface area contributed by atoms with Gasteiger partial charge in [-0.15, -0.1) is 0 Å². The van der Waals surface area contributed by atoms with Crippen molar-refractivity contribution < 1.29 is 46.5 Å². The molecule has 0 radical (unpaired) electrons. The molecule has 1 saturated carbocycles. The molecule has 4 aliphatic heterocycles. The third-order valence-electron chi connectivity index (χ3n) is 10.1. The first-order chi connectivity index (χ1) is 24.6. The minimum Gasteiger partial charge on any atom is -0.468 e. The number of benzene rings is 2. The lowest BCUT2D eigenvalue weighted by Crippen LogP contribution is -2.66. The van der Waals surface area contributed by atoms with Gasteiger partial charge in [-0.3, -0.25) is 23.8 Å². The predicted molar refractivity (Wildman–Crippen MR) is 179 cm³/mol. The van der Waals surface area contributed by atoms with Crippen LogP contribution in [0.2, 0.25) is 0 Å². The molecule has 17 heteroatoms. The molecule has 5 aliphatic rings. The molecule has 1 aliphatic carbocycles. The first-order valence-corrected chi connectivity index (χ1v) is 18.4. The number of carbonyl (C=O) groups excluding carboxylic acids is 2. The molecule has 14 nitrogen and oxygen atoms in total. The first kappa shape index (κ1) is 33.9. The second-order valence-corrected chi connectivity index (χ2v) is 14.7. The summed E-state index contributed by atoms with van der Waals surface area (Å²) in [6.07, 6.45) is 1.30. The number of aromatic nitrogens is 1. The van der Waals surface area contributed by atoms with Crippen molar-refractivity contribution in [2.24, 2.45) is 0 Å². The summed E-state index contributed by atoms with van der Waals surface area (Å²) in [5.41, 5.74) is -0.192. The Morgan fingerprint density at radius 3 is 2.53 bits per heavy atom. The van der Waals surface area contributed by atoms with E-state index in [9.17, 15) is 19.3 Å². The normalized spacial score (nSPS) is 24.2. The van der Waals surface area contributed by atoms with Gasteiger partial charge >= 0.3 is 14.1 Å². The highest BCUT2D eigenvalue weighted by atomic mass is 31.2. The van der Waals surface area contributed by atoms with Crippen LogP contribution in [0.5, 0.6) is 5.75 Å². The topological polar surface area (TPSA) is 144 Å². The van der Waals surface area contributed by atoms with E-state index in [1.807, 2.05) is 29.2 Å². The number of halogens is 2. The monoisotopic (exact) mass is 728 g/mol. The smallest absolute Gasteiger partial charge is 0.468 e. The molecule has 2 N–H and O–H groups in total. The van der Waals surface area contributed by atoms with E-state index in [1.54, 1.807) is 18.0 Å². The van der Waals surface area contributed by atoms with Gasteiger partial charge in [0.2, 0.25) is 5.43 Å². The summed E-state index contributed by atoms with van der Waals surface area (Å²) in [6, 6.07) is 9.84. The number of carbonyl (C=O) groups is 2. The maximum Gasteiger partial charge on any atom is 0.545 e. The lowest BCUT2D eigenvalue weighted by atomic mass is 9.91. The highest BCUT2D eigenvalue weighted by Crippen LogP contribution is 2.58. The van der Waals surface area contributed by atoms with E-state index >= 15 is 8.78 Å². The number of morpholine rings is 2. The molecule has 3 aromatic rings. The number of anilines is 1. The Balaban J connectivity index is 1.34. The number of fused-ring (bicyclic) bond motifs is 7. The van der Waals surface area contributed by atoms with Crippen molar-refractivity contribution in [3.05, 3.63) is 92.9 Å². The van der Waals surface area contributed by atoms with Gasteiger partial charge in [0.1, 0.15) is 12.2 Å². The van der Waals surface area contributed by atoms with E-state index in [4.69, 9.17) is 23.3 Å². The van der Waals surface area contributed by atoms with E-state index in [2.05, 4.69) is 5.09 Å². The van der Waals surface area contributed by atoms with Crippen LogP contribution in [0.4, 0.5) is 14.5 Å². The number of esters is 1. The van der Waals surface area contributed by atoms with Gasteiger partial charge in [-0.25, -0.2) is 13.6 Å². The molecule has 2 saturated heterocycles. The van der Waals surface area contributed by atoms with E-state index in [0.717, 1.165) is 17.3 Å². The van der Waals surface area contributed by atoms with Crippen LogP contribution in [0.15, 0.2) is 53.5 Å². The number of hydrogen-bond acceptors (Lipinski definition) is 12. The van der Waals surface area contributed by atoms with E-state index in [0.29, 0.717) is 31.6 Å². The summed E-state index contributed by atoms with van der Waals surface area (Å²) in [4.78, 5) is 56.1. The lowest BCUT2D eigenvalue weighted by Gasteiger charge is -2.51. The summed E-state index contributed by atoms with van der Waals surface area (Å²) in [5, 5.41) is 4.59. The number of rotatable bonds is 8. The molecule has 0 spiro atoms. The van der Waals surface area contributed by atoms with Gasteiger partial charge in [0.05, 0.1) is 46.2 Å². The SMILES string of the molecule is CCO[P+](O)(NC1(C(=O)OC)CC1)Oc1c2n(ccc1=O)N(C1c3ccccc3N3CCOCC3c3c1ccc(F)c3F)C1COCCN1C2=O. The molecule has 3 fully saturated rings. The molecule has 1 amide bonds. The van der Waals surface area contributed by atoms with Crippen LogP contribution in [0.25, 0.3) is 0 Å². The Hall–Kier alpha value is -4.18. The lowest BCUT2D eigenvalue weighted by molar-refractivity contribution is -0.144. The third-order valence-corrected chi connectivity index (χ3v) is 11.8. The Kier molecular flexibility index (Phi) is 8.51. The molecule has 4 atom stereocenters. The molecule has 5 heterocycles. The van der Waals surface area contributed by atoms with Gasteiger partial charge in [-0.2, -0.15) is 9.42 Å². The largest absolute Gasteiger partial charge is 0.545 e. The molecule has 4 unspecified atom stereocenters. The van der Waals surface area contributed by atoms with Crippen LogP contribution < -0.4 is 24.9 Å². The van der Waals surface area contributed by atoms with Crippen LogP contribution in [-0.4, -0.2) is 91.3 Å². The fourth-order valence-corrected chi connectivity index (χ4v) is 9.46. The second-order valence-electron chi connectivity index (χ2n) is 13.0. The predicted octanol–water partition coefficient (Wildman–Crippen LogP) is 2.94. The number of para-hydroxylation sites is 1. The van der Waals surface area contributed by atoms with E-state index in [-0.39, 0.29) is 44.2 Å². The maximum atomic E-state index is 16.2. The Morgan fingerprint density at radius 2 is 1.78 bits per heavy atom. The van der Waals surface area contributed by atoms with Crippen LogP contribution in [0.3, 0.4) is 0 Å². The van der Waals surface area contributed by atoms with Crippen molar-refractivity contribution >= 4 is 25.7 Å². The molecule has 270 valence electrons. The van der Waals surface area contributed by atoms with Crippen LogP contribution in [-0.2, 0) is 23.5 Å². The zero-order valence-corrected chi connectivity index (χ0v) is 28.8. The van der Waals surface area contributed by atoms with Crippen molar-refractivity contribution in [3.63, 3.8) is 0 Å². The highest BCUT2D eigenvalue weighted by Gasteiger charge is 2.63. The van der Waals surface area contributed by atoms with Crippen LogP contribution >= 0.6 is 8.09 Å². The van der Waals surface area contributed by atoms with Gasteiger partial charge in [-0.05, 0) is 37.5 Å². The maximum absolute atomic E-state index is 16.2. The zero-order chi connectivity index (χ0) is 35.7. The second kappa shape index (κ2) is 12.8. The number of hydrogen-bond donors (Lipinski definition) is 2. The highest BCUT2D eigenvalue weighted by molar-refractivity contribution is 7.59. The fraction of sp³-hybridized carbons (Fsp3) is 0.441. The molecular weight excluding hydrogens is 691 g/mol. The fourth-order valence-electron chi connectivity index (χ4n) is 7.66. The van der Waals surface area contributed by atoms with Crippen LogP contribution in [0, 0.1) is 11.6 Å². The Morgan fingerprint density at radius 1 is 1.04 bits per heavy atom. The molecule has 1 aromatic heterocycles. The number of pyridine rings is 1. The van der Waals surface area contributed by atoms with Gasteiger partial charge in [0.25, 0.3) is 11.7 Å². The van der Waals surface area contributed by atoms with Crippen molar-refractivity contribution in [1.29, 1.82) is 0 Å². The average molecular weight is 729 g/mol. The van der Waals surface area contributed by atoms with Crippen molar-refractivity contribution in [3.8, 4) is 5.75 Å². The van der Waals surface area contributed by atoms with E-state index in [1.165, 1.54) is 28.9 Å².